The Bertz CT molecular complexity index is 420. The van der Waals surface area contributed by atoms with Gasteiger partial charge in [-0.3, -0.25) is 4.68 Å². The Morgan fingerprint density at radius 2 is 1.68 bits per heavy atom. The molecule has 0 amide bonds. The smallest absolute Gasteiger partial charge is 0.235 e. The Kier molecular flexibility index (Phi) is 8.54. The fourth-order valence-corrected chi connectivity index (χ4v) is 2.69. The van der Waals surface area contributed by atoms with Crippen LogP contribution in [0.4, 0.5) is 0 Å². The van der Waals surface area contributed by atoms with Crippen LogP contribution in [-0.4, -0.2) is 40.9 Å². The summed E-state index contributed by atoms with van der Waals surface area (Å²) in [4.78, 5) is 2.53. The van der Waals surface area contributed by atoms with Gasteiger partial charge < -0.3 is 9.64 Å². The lowest BCUT2D eigenvalue weighted by molar-refractivity contribution is 0.268. The predicted molar refractivity (Wildman–Crippen MR) is 93.8 cm³/mol. The van der Waals surface area contributed by atoms with Crippen molar-refractivity contribution < 1.29 is 4.74 Å². The summed E-state index contributed by atoms with van der Waals surface area (Å²) in [5.41, 5.74) is 2.40. The maximum atomic E-state index is 5.57. The summed E-state index contributed by atoms with van der Waals surface area (Å²) >= 11 is 0. The molecular formula is C18H35N3O. The van der Waals surface area contributed by atoms with Gasteiger partial charge in [0.1, 0.15) is 0 Å². The van der Waals surface area contributed by atoms with Crippen LogP contribution in [0.1, 0.15) is 70.7 Å². The van der Waals surface area contributed by atoms with E-state index in [1.165, 1.54) is 50.0 Å². The van der Waals surface area contributed by atoms with Gasteiger partial charge in [-0.05, 0) is 53.6 Å². The SMILES string of the molecule is CCCC.CCOc1nn([C@@H](C)CN2CCCC2)c(C)c1C. The van der Waals surface area contributed by atoms with E-state index in [4.69, 9.17) is 4.74 Å². The van der Waals surface area contributed by atoms with Crippen molar-refractivity contribution in [3.05, 3.63) is 11.3 Å². The van der Waals surface area contributed by atoms with Crippen molar-refractivity contribution in [2.75, 3.05) is 26.2 Å². The number of ether oxygens (including phenoxy) is 1. The minimum atomic E-state index is 0.413. The van der Waals surface area contributed by atoms with Crippen LogP contribution in [0.3, 0.4) is 0 Å². The maximum absolute atomic E-state index is 5.57. The molecule has 1 atom stereocenters. The van der Waals surface area contributed by atoms with Crippen molar-refractivity contribution in [2.24, 2.45) is 0 Å². The van der Waals surface area contributed by atoms with Gasteiger partial charge >= 0.3 is 0 Å². The zero-order chi connectivity index (χ0) is 16.5. The number of aromatic nitrogens is 2. The van der Waals surface area contributed by atoms with E-state index >= 15 is 0 Å². The molecule has 0 aromatic carbocycles. The van der Waals surface area contributed by atoms with Crippen LogP contribution in [-0.2, 0) is 0 Å². The Morgan fingerprint density at radius 3 is 2.18 bits per heavy atom. The normalized spacial score (nSPS) is 16.3. The molecule has 0 saturated carbocycles. The summed E-state index contributed by atoms with van der Waals surface area (Å²) in [6.07, 6.45) is 5.32. The minimum Gasteiger partial charge on any atom is -0.477 e. The molecule has 1 fully saturated rings. The fourth-order valence-electron chi connectivity index (χ4n) is 2.69. The van der Waals surface area contributed by atoms with Crippen LogP contribution >= 0.6 is 0 Å². The van der Waals surface area contributed by atoms with E-state index in [9.17, 15) is 0 Å². The minimum absolute atomic E-state index is 0.413. The highest BCUT2D eigenvalue weighted by Crippen LogP contribution is 2.23. The average Bonchev–Trinajstić information content (AvgIpc) is 3.11. The molecule has 1 saturated heterocycles. The first-order valence-electron chi connectivity index (χ1n) is 8.95. The van der Waals surface area contributed by atoms with Crippen LogP contribution in [0, 0.1) is 13.8 Å². The highest BCUT2D eigenvalue weighted by atomic mass is 16.5. The topological polar surface area (TPSA) is 30.3 Å². The number of hydrogen-bond donors (Lipinski definition) is 0. The van der Waals surface area contributed by atoms with Crippen LogP contribution < -0.4 is 4.74 Å². The zero-order valence-electron chi connectivity index (χ0n) is 15.5. The zero-order valence-corrected chi connectivity index (χ0v) is 15.5. The molecule has 0 unspecified atom stereocenters. The summed E-state index contributed by atoms with van der Waals surface area (Å²) in [7, 11) is 0. The molecule has 1 aromatic heterocycles. The molecule has 0 bridgehead atoms. The van der Waals surface area contributed by atoms with Crippen molar-refractivity contribution in [3.63, 3.8) is 0 Å². The first kappa shape index (κ1) is 19.0. The van der Waals surface area contributed by atoms with Gasteiger partial charge in [-0.1, -0.05) is 26.7 Å². The molecule has 0 N–H and O–H groups in total. The lowest BCUT2D eigenvalue weighted by atomic mass is 10.2. The number of nitrogens with zero attached hydrogens (tertiary/aromatic N) is 3. The van der Waals surface area contributed by atoms with E-state index in [1.807, 2.05) is 6.92 Å². The molecule has 2 rings (SSSR count). The van der Waals surface area contributed by atoms with Crippen LogP contribution in [0.5, 0.6) is 5.88 Å². The molecule has 1 aromatic rings. The van der Waals surface area contributed by atoms with Crippen molar-refractivity contribution in [3.8, 4) is 5.88 Å². The van der Waals surface area contributed by atoms with Gasteiger partial charge in [0.05, 0.1) is 12.6 Å². The molecule has 0 aliphatic carbocycles. The van der Waals surface area contributed by atoms with Crippen molar-refractivity contribution in [2.45, 2.75) is 73.3 Å². The maximum Gasteiger partial charge on any atom is 0.235 e. The molecule has 4 heteroatoms. The van der Waals surface area contributed by atoms with Crippen molar-refractivity contribution >= 4 is 0 Å². The van der Waals surface area contributed by atoms with Gasteiger partial charge in [0, 0.05) is 17.8 Å². The summed E-state index contributed by atoms with van der Waals surface area (Å²) in [5.74, 6) is 0.795. The largest absolute Gasteiger partial charge is 0.477 e. The second-order valence-electron chi connectivity index (χ2n) is 6.25. The van der Waals surface area contributed by atoms with Crippen molar-refractivity contribution in [1.29, 1.82) is 0 Å². The van der Waals surface area contributed by atoms with E-state index in [0.717, 1.165) is 12.4 Å². The lowest BCUT2D eigenvalue weighted by Crippen LogP contribution is -2.28. The van der Waals surface area contributed by atoms with Crippen molar-refractivity contribution in [1.82, 2.24) is 14.7 Å². The second-order valence-corrected chi connectivity index (χ2v) is 6.25. The first-order valence-corrected chi connectivity index (χ1v) is 8.95. The Balaban J connectivity index is 0.000000541. The van der Waals surface area contributed by atoms with Crippen LogP contribution in [0.15, 0.2) is 0 Å². The molecular weight excluding hydrogens is 274 g/mol. The number of unbranched alkanes of at least 4 members (excludes halogenated alkanes) is 1. The number of hydrogen-bond acceptors (Lipinski definition) is 3. The third-order valence-electron chi connectivity index (χ3n) is 4.33. The van der Waals surface area contributed by atoms with E-state index < -0.39 is 0 Å². The lowest BCUT2D eigenvalue weighted by Gasteiger charge is -2.21. The van der Waals surface area contributed by atoms with Crippen LogP contribution in [0.2, 0.25) is 0 Å². The van der Waals surface area contributed by atoms with E-state index in [0.29, 0.717) is 12.6 Å². The predicted octanol–water partition coefficient (Wildman–Crippen LogP) is 4.36. The monoisotopic (exact) mass is 309 g/mol. The molecule has 128 valence electrons. The molecule has 1 aliphatic rings. The first-order chi connectivity index (χ1) is 10.5. The summed E-state index contributed by atoms with van der Waals surface area (Å²) in [6.45, 7) is 17.1. The van der Waals surface area contributed by atoms with Gasteiger partial charge in [-0.15, -0.1) is 5.10 Å². The van der Waals surface area contributed by atoms with E-state index in [-0.39, 0.29) is 0 Å². The number of rotatable bonds is 6. The quantitative estimate of drug-likeness (QED) is 0.782. The molecule has 0 spiro atoms. The van der Waals surface area contributed by atoms with Gasteiger partial charge in [0.2, 0.25) is 5.88 Å². The Hall–Kier alpha value is -1.03. The molecule has 1 aliphatic heterocycles. The summed E-state index contributed by atoms with van der Waals surface area (Å²) < 4.78 is 7.70. The van der Waals surface area contributed by atoms with Gasteiger partial charge in [-0.25, -0.2) is 0 Å². The highest BCUT2D eigenvalue weighted by Gasteiger charge is 2.20. The van der Waals surface area contributed by atoms with E-state index in [2.05, 4.69) is 49.3 Å². The second kappa shape index (κ2) is 9.88. The Labute approximate surface area is 136 Å². The Morgan fingerprint density at radius 1 is 1.09 bits per heavy atom. The van der Waals surface area contributed by atoms with Gasteiger partial charge in [0.25, 0.3) is 0 Å². The number of likely N-dealkylation sites (tertiary alicyclic amines) is 1. The molecule has 22 heavy (non-hydrogen) atoms. The van der Waals surface area contributed by atoms with Gasteiger partial charge in [-0.2, -0.15) is 0 Å². The third kappa shape index (κ3) is 5.31. The summed E-state index contributed by atoms with van der Waals surface area (Å²) in [5, 5.41) is 4.61. The highest BCUT2D eigenvalue weighted by molar-refractivity contribution is 5.29. The average molecular weight is 309 g/mol. The molecule has 2 heterocycles. The van der Waals surface area contributed by atoms with Gasteiger partial charge in [0.15, 0.2) is 0 Å². The van der Waals surface area contributed by atoms with E-state index in [1.54, 1.807) is 0 Å². The summed E-state index contributed by atoms with van der Waals surface area (Å²) in [6, 6.07) is 0.413. The molecule has 0 radical (unpaired) electrons. The molecule has 4 nitrogen and oxygen atoms in total. The fraction of sp³-hybridized carbons (Fsp3) is 0.833. The standard InChI is InChI=1S/C14H25N3O.C4H10/c1-5-18-14-12(3)13(4)17(15-14)11(2)10-16-8-6-7-9-16;1-3-4-2/h11H,5-10H2,1-4H3;3-4H2,1-2H3/t11-;/m0./s1. The van der Waals surface area contributed by atoms with Crippen LogP contribution in [0.25, 0.3) is 0 Å². The third-order valence-corrected chi connectivity index (χ3v) is 4.33.